The van der Waals surface area contributed by atoms with Crippen molar-refractivity contribution >= 4 is 39.2 Å². The van der Waals surface area contributed by atoms with E-state index in [9.17, 15) is 18.0 Å². The number of sulfonamides is 1. The van der Waals surface area contributed by atoms with E-state index < -0.39 is 27.8 Å². The van der Waals surface area contributed by atoms with Crippen molar-refractivity contribution in [3.63, 3.8) is 0 Å². The number of nitrogens with two attached hydrogens (primary N) is 1. The summed E-state index contributed by atoms with van der Waals surface area (Å²) < 4.78 is 32.2. The first-order chi connectivity index (χ1) is 15.4. The summed E-state index contributed by atoms with van der Waals surface area (Å²) in [7, 11) is -3.85. The molecule has 180 valence electrons. The molecule has 0 fully saturated rings. The zero-order chi connectivity index (χ0) is 24.6. The molecular weight excluding hydrogens is 466 g/mol. The Morgan fingerprint density at radius 1 is 1.24 bits per heavy atom. The molecule has 0 saturated heterocycles. The van der Waals surface area contributed by atoms with Crippen molar-refractivity contribution in [2.75, 3.05) is 6.54 Å². The summed E-state index contributed by atoms with van der Waals surface area (Å²) in [6.07, 6.45) is 1.38. The molecule has 0 aliphatic heterocycles. The van der Waals surface area contributed by atoms with Gasteiger partial charge >= 0.3 is 6.09 Å². The van der Waals surface area contributed by atoms with Gasteiger partial charge in [-0.3, -0.25) is 9.79 Å². The number of carbonyl (C=O) groups is 2. The maximum atomic E-state index is 12.7. The van der Waals surface area contributed by atoms with Crippen LogP contribution in [0, 0.1) is 6.92 Å². The van der Waals surface area contributed by atoms with E-state index in [1.807, 2.05) is 6.92 Å². The van der Waals surface area contributed by atoms with Crippen LogP contribution >= 0.6 is 11.3 Å². The van der Waals surface area contributed by atoms with Crippen LogP contribution in [0.15, 0.2) is 45.7 Å². The summed E-state index contributed by atoms with van der Waals surface area (Å²) in [6, 6.07) is 5.44. The minimum atomic E-state index is -3.85. The number of carbonyl (C=O) groups excluding carboxylic acids is 2. The second-order valence-corrected chi connectivity index (χ2v) is 10.8. The van der Waals surface area contributed by atoms with Gasteiger partial charge in [-0.25, -0.2) is 22.9 Å². The molecule has 1 aromatic carbocycles. The van der Waals surface area contributed by atoms with Gasteiger partial charge in [0.15, 0.2) is 5.01 Å². The Balaban J connectivity index is 1.97. The van der Waals surface area contributed by atoms with Gasteiger partial charge in [-0.05, 0) is 52.7 Å². The number of ketones is 1. The normalized spacial score (nSPS) is 13.3. The Hall–Kier alpha value is -2.99. The number of nitrogens with zero attached hydrogens (tertiary/aromatic N) is 2. The van der Waals surface area contributed by atoms with Crippen molar-refractivity contribution < 1.29 is 22.7 Å². The predicted molar refractivity (Wildman–Crippen MR) is 127 cm³/mol. The molecule has 0 bridgehead atoms. The fraction of sp³-hybridized carbons (Fsp3) is 0.429. The number of guanidine groups is 1. The predicted octanol–water partition coefficient (Wildman–Crippen LogP) is 2.60. The van der Waals surface area contributed by atoms with Gasteiger partial charge in [0, 0.05) is 18.1 Å². The number of thiazole rings is 1. The number of alkyl carbamates (subject to hydrolysis) is 1. The average Bonchev–Trinajstić information content (AvgIpc) is 3.23. The Morgan fingerprint density at radius 3 is 2.48 bits per heavy atom. The third-order valence-electron chi connectivity index (χ3n) is 4.15. The number of amides is 1. The number of ether oxygens (including phenoxy) is 1. The van der Waals surface area contributed by atoms with Crippen LogP contribution in [0.2, 0.25) is 0 Å². The van der Waals surface area contributed by atoms with Gasteiger partial charge in [0.1, 0.15) is 5.60 Å². The molecule has 0 unspecified atom stereocenters. The van der Waals surface area contributed by atoms with Crippen molar-refractivity contribution in [1.29, 1.82) is 0 Å². The van der Waals surface area contributed by atoms with Crippen molar-refractivity contribution in [3.05, 3.63) is 46.4 Å². The van der Waals surface area contributed by atoms with E-state index in [-0.39, 0.29) is 34.6 Å². The summed E-state index contributed by atoms with van der Waals surface area (Å²) in [5, 5.41) is 4.52. The third-order valence-corrected chi connectivity index (χ3v) is 6.31. The van der Waals surface area contributed by atoms with Crippen molar-refractivity contribution in [3.8, 4) is 0 Å². The molecule has 0 spiro atoms. The molecular formula is C21H29N5O5S2. The zero-order valence-corrected chi connectivity index (χ0v) is 20.6. The molecule has 1 atom stereocenters. The summed E-state index contributed by atoms with van der Waals surface area (Å²) in [6.45, 7) is 7.15. The van der Waals surface area contributed by atoms with E-state index >= 15 is 0 Å². The van der Waals surface area contributed by atoms with Crippen LogP contribution in [0.25, 0.3) is 0 Å². The Labute approximate surface area is 197 Å². The lowest BCUT2D eigenvalue weighted by Gasteiger charge is -2.22. The number of aliphatic imine (C=N–C) groups is 1. The lowest BCUT2D eigenvalue weighted by atomic mass is 10.1. The molecule has 4 N–H and O–H groups in total. The molecule has 0 aliphatic rings. The molecule has 10 nitrogen and oxygen atoms in total. The molecule has 12 heteroatoms. The van der Waals surface area contributed by atoms with E-state index in [0.29, 0.717) is 6.42 Å². The van der Waals surface area contributed by atoms with Crippen molar-refractivity contribution in [2.45, 2.75) is 57.1 Å². The molecule has 1 amide bonds. The van der Waals surface area contributed by atoms with Gasteiger partial charge in [-0.1, -0.05) is 17.7 Å². The largest absolute Gasteiger partial charge is 0.444 e. The molecule has 2 rings (SSSR count). The Bertz CT molecular complexity index is 1080. The molecule has 0 aliphatic carbocycles. The third kappa shape index (κ3) is 8.81. The highest BCUT2D eigenvalue weighted by Crippen LogP contribution is 2.13. The monoisotopic (exact) mass is 495 g/mol. The van der Waals surface area contributed by atoms with Crippen LogP contribution in [-0.2, 0) is 14.8 Å². The number of hydrogen-bond donors (Lipinski definition) is 3. The molecule has 1 aromatic heterocycles. The van der Waals surface area contributed by atoms with Crippen molar-refractivity contribution in [2.24, 2.45) is 10.7 Å². The van der Waals surface area contributed by atoms with Crippen LogP contribution in [0.4, 0.5) is 4.79 Å². The summed E-state index contributed by atoms with van der Waals surface area (Å²) in [5.41, 5.74) is 5.94. The van der Waals surface area contributed by atoms with Gasteiger partial charge in [-0.15, -0.1) is 11.3 Å². The highest BCUT2D eigenvalue weighted by molar-refractivity contribution is 7.90. The standard InChI is InChI=1S/C21H29N5O5S2/c1-14-7-9-15(10-8-14)33(29,30)26-19(22)24-11-5-6-16(17(27)18-23-12-13-32-18)25-20(28)31-21(2,3)4/h7-10,12-13,16H,5-6,11H2,1-4H3,(H,25,28)(H3,22,24,26)/t16-/m0/s1. The maximum Gasteiger partial charge on any atom is 0.408 e. The fourth-order valence-electron chi connectivity index (χ4n) is 2.65. The van der Waals surface area contributed by atoms with Crippen LogP contribution in [0.3, 0.4) is 0 Å². The Kier molecular flexibility index (Phi) is 8.94. The average molecular weight is 496 g/mol. The number of aromatic nitrogens is 1. The van der Waals surface area contributed by atoms with E-state index in [4.69, 9.17) is 10.5 Å². The first kappa shape index (κ1) is 26.3. The minimum absolute atomic E-state index is 0.0712. The number of benzene rings is 1. The highest BCUT2D eigenvalue weighted by atomic mass is 32.2. The number of hydrogen-bond acceptors (Lipinski definition) is 8. The first-order valence-corrected chi connectivity index (χ1v) is 12.6. The summed E-state index contributed by atoms with van der Waals surface area (Å²) in [5.74, 6) is -0.605. The van der Waals surface area contributed by atoms with Crippen molar-refractivity contribution in [1.82, 2.24) is 15.0 Å². The van der Waals surface area contributed by atoms with Gasteiger partial charge in [0.05, 0.1) is 10.9 Å². The SMILES string of the molecule is Cc1ccc(S(=O)(=O)NC(N)=NCCC[C@H](NC(=O)OC(C)(C)C)C(=O)c2nccs2)cc1. The molecule has 0 saturated carbocycles. The second kappa shape index (κ2) is 11.2. The smallest absolute Gasteiger partial charge is 0.408 e. The number of aryl methyl sites for hydroxylation is 1. The molecule has 2 aromatic rings. The maximum absolute atomic E-state index is 12.7. The highest BCUT2D eigenvalue weighted by Gasteiger charge is 2.26. The fourth-order valence-corrected chi connectivity index (χ4v) is 4.24. The van der Waals surface area contributed by atoms with Crippen LogP contribution in [0.5, 0.6) is 0 Å². The van der Waals surface area contributed by atoms with Gasteiger partial charge < -0.3 is 15.8 Å². The molecule has 33 heavy (non-hydrogen) atoms. The second-order valence-electron chi connectivity index (χ2n) is 8.23. The van der Waals surface area contributed by atoms with E-state index in [1.165, 1.54) is 29.7 Å². The van der Waals surface area contributed by atoms with Crippen LogP contribution in [0.1, 0.15) is 49.0 Å². The molecule has 0 radical (unpaired) electrons. The van der Waals surface area contributed by atoms with E-state index in [2.05, 4.69) is 20.0 Å². The summed E-state index contributed by atoms with van der Waals surface area (Å²) in [4.78, 5) is 33.0. The van der Waals surface area contributed by atoms with Gasteiger partial charge in [0.2, 0.25) is 11.7 Å². The van der Waals surface area contributed by atoms with Gasteiger partial charge in [0.25, 0.3) is 10.0 Å². The molecule has 1 heterocycles. The quantitative estimate of drug-likeness (QED) is 0.209. The summed E-state index contributed by atoms with van der Waals surface area (Å²) >= 11 is 1.17. The number of nitrogens with one attached hydrogen (secondary N) is 2. The van der Waals surface area contributed by atoms with Crippen LogP contribution in [-0.4, -0.2) is 49.4 Å². The topological polar surface area (TPSA) is 153 Å². The first-order valence-electron chi connectivity index (χ1n) is 10.2. The van der Waals surface area contributed by atoms with E-state index in [0.717, 1.165) is 5.56 Å². The Morgan fingerprint density at radius 2 is 1.91 bits per heavy atom. The van der Waals surface area contributed by atoms with Crippen LogP contribution < -0.4 is 15.8 Å². The lowest BCUT2D eigenvalue weighted by Crippen LogP contribution is -2.43. The minimum Gasteiger partial charge on any atom is -0.444 e. The van der Waals surface area contributed by atoms with E-state index in [1.54, 1.807) is 38.3 Å². The zero-order valence-electron chi connectivity index (χ0n) is 19.0. The lowest BCUT2D eigenvalue weighted by molar-refractivity contribution is 0.0488. The number of Topliss-reactive ketones (excluding diaryl/α,β-unsaturated/α-hetero) is 1. The van der Waals surface area contributed by atoms with Gasteiger partial charge in [-0.2, -0.15) is 0 Å². The number of rotatable bonds is 9.